The molecular weight excluding hydrogens is 385 g/mol. The first-order valence-corrected chi connectivity index (χ1v) is 8.11. The van der Waals surface area contributed by atoms with E-state index in [1.54, 1.807) is 0 Å². The molecule has 6 nitrogen and oxygen atoms in total. The number of nitrogens with one attached hydrogen (secondary N) is 1. The van der Waals surface area contributed by atoms with Crippen LogP contribution in [0, 0.1) is 0 Å². The number of fused-ring (bicyclic) bond motifs is 1. The number of benzene rings is 1. The third kappa shape index (κ3) is 4.03. The van der Waals surface area contributed by atoms with E-state index in [0.717, 1.165) is 16.9 Å². The van der Waals surface area contributed by atoms with Gasteiger partial charge in [0, 0.05) is 11.6 Å². The van der Waals surface area contributed by atoms with E-state index in [0.29, 0.717) is 5.56 Å². The molecule has 0 radical (unpaired) electrons. The van der Waals surface area contributed by atoms with Gasteiger partial charge in [-0.25, -0.2) is 13.8 Å². The number of hydrogen-bond donors (Lipinski definition) is 2. The van der Waals surface area contributed by atoms with E-state index < -0.39 is 29.9 Å². The molecule has 0 aliphatic carbocycles. The van der Waals surface area contributed by atoms with Gasteiger partial charge in [0.2, 0.25) is 0 Å². The van der Waals surface area contributed by atoms with Gasteiger partial charge in [-0.3, -0.25) is 0 Å². The Hall–Kier alpha value is -2.82. The Morgan fingerprint density at radius 1 is 1.07 bits per heavy atom. The quantitative estimate of drug-likeness (QED) is 0.632. The molecule has 1 aromatic carbocycles. The van der Waals surface area contributed by atoms with Crippen LogP contribution < -0.4 is 5.32 Å². The minimum absolute atomic E-state index is 0.111. The Bertz CT molecular complexity index is 963. The summed E-state index contributed by atoms with van der Waals surface area (Å²) < 4.78 is 66.1. The highest BCUT2D eigenvalue weighted by molar-refractivity contribution is 5.48. The summed E-state index contributed by atoms with van der Waals surface area (Å²) in [4.78, 5) is 7.10. The zero-order valence-electron chi connectivity index (χ0n) is 14.7. The third-order valence-corrected chi connectivity index (χ3v) is 4.06. The SMILES string of the molecule is CC(C)(O)C(Nc1cc(C(F)(F)F)nc2ncnn12)c1ccc(C(F)F)cc1. The molecule has 11 heteroatoms. The molecule has 150 valence electrons. The predicted octanol–water partition coefficient (Wildman–Crippen LogP) is 4.00. The summed E-state index contributed by atoms with van der Waals surface area (Å²) in [5, 5.41) is 17.2. The van der Waals surface area contributed by atoms with E-state index in [1.807, 2.05) is 0 Å². The van der Waals surface area contributed by atoms with Gasteiger partial charge in [0.15, 0.2) is 5.69 Å². The average molecular weight is 401 g/mol. The van der Waals surface area contributed by atoms with Crippen LogP contribution >= 0.6 is 0 Å². The van der Waals surface area contributed by atoms with Crippen LogP contribution in [0.5, 0.6) is 0 Å². The summed E-state index contributed by atoms with van der Waals surface area (Å²) in [7, 11) is 0. The summed E-state index contributed by atoms with van der Waals surface area (Å²) in [5.74, 6) is -0.389. The monoisotopic (exact) mass is 401 g/mol. The van der Waals surface area contributed by atoms with Gasteiger partial charge >= 0.3 is 6.18 Å². The summed E-state index contributed by atoms with van der Waals surface area (Å²) in [5.41, 5.74) is -2.45. The fourth-order valence-corrected chi connectivity index (χ4v) is 2.71. The van der Waals surface area contributed by atoms with Crippen molar-refractivity contribution in [1.82, 2.24) is 19.6 Å². The highest BCUT2D eigenvalue weighted by Gasteiger charge is 2.35. The zero-order chi connectivity index (χ0) is 20.7. The van der Waals surface area contributed by atoms with E-state index in [1.165, 1.54) is 38.1 Å². The van der Waals surface area contributed by atoms with Crippen LogP contribution in [0.2, 0.25) is 0 Å². The molecule has 0 fully saturated rings. The Kier molecular flexibility index (Phi) is 4.96. The molecule has 1 unspecified atom stereocenters. The van der Waals surface area contributed by atoms with Crippen LogP contribution in [-0.4, -0.2) is 30.3 Å². The van der Waals surface area contributed by atoms with Crippen molar-refractivity contribution in [1.29, 1.82) is 0 Å². The lowest BCUT2D eigenvalue weighted by molar-refractivity contribution is -0.141. The molecule has 0 amide bonds. The average Bonchev–Trinajstić information content (AvgIpc) is 3.06. The lowest BCUT2D eigenvalue weighted by atomic mass is 9.91. The molecule has 0 aliphatic rings. The van der Waals surface area contributed by atoms with Crippen molar-refractivity contribution >= 4 is 11.6 Å². The second kappa shape index (κ2) is 6.97. The normalized spacial score (nSPS) is 13.9. The van der Waals surface area contributed by atoms with Crippen molar-refractivity contribution in [2.75, 3.05) is 5.32 Å². The highest BCUT2D eigenvalue weighted by atomic mass is 19.4. The molecule has 0 aliphatic heterocycles. The third-order valence-electron chi connectivity index (χ3n) is 4.06. The van der Waals surface area contributed by atoms with Gasteiger partial charge < -0.3 is 10.4 Å². The van der Waals surface area contributed by atoms with Crippen LogP contribution in [0.3, 0.4) is 0 Å². The molecular formula is C17H16F5N5O. The van der Waals surface area contributed by atoms with Crippen molar-refractivity contribution < 1.29 is 27.1 Å². The predicted molar refractivity (Wildman–Crippen MR) is 89.8 cm³/mol. The molecule has 2 heterocycles. The van der Waals surface area contributed by atoms with Crippen LogP contribution in [0.1, 0.15) is 43.1 Å². The van der Waals surface area contributed by atoms with E-state index in [4.69, 9.17) is 0 Å². The standard InChI is InChI=1S/C17H16F5N5O/c1-16(2,28)13(9-3-5-10(6-4-9)14(18)19)26-12-7-11(17(20,21)22)25-15-23-8-24-27(12)15/h3-8,13-14,26,28H,1-2H3. The summed E-state index contributed by atoms with van der Waals surface area (Å²) in [6.07, 6.45) is -6.33. The Morgan fingerprint density at radius 2 is 1.68 bits per heavy atom. The van der Waals surface area contributed by atoms with Gasteiger partial charge in [0.05, 0.1) is 11.6 Å². The number of alkyl halides is 5. The van der Waals surface area contributed by atoms with Crippen LogP contribution in [-0.2, 0) is 6.18 Å². The van der Waals surface area contributed by atoms with Gasteiger partial charge in [-0.1, -0.05) is 24.3 Å². The van der Waals surface area contributed by atoms with Crippen molar-refractivity contribution in [3.63, 3.8) is 0 Å². The van der Waals surface area contributed by atoms with Crippen molar-refractivity contribution in [3.05, 3.63) is 53.5 Å². The number of halogens is 5. The smallest absolute Gasteiger partial charge is 0.388 e. The minimum Gasteiger partial charge on any atom is -0.388 e. The molecule has 0 saturated heterocycles. The zero-order valence-corrected chi connectivity index (χ0v) is 14.7. The molecule has 3 rings (SSSR count). The first-order valence-electron chi connectivity index (χ1n) is 8.11. The molecule has 28 heavy (non-hydrogen) atoms. The number of aromatic nitrogens is 4. The topological polar surface area (TPSA) is 75.3 Å². The second-order valence-corrected chi connectivity index (χ2v) is 6.69. The number of nitrogens with zero attached hydrogens (tertiary/aromatic N) is 4. The van der Waals surface area contributed by atoms with Gasteiger partial charge in [-0.15, -0.1) is 0 Å². The van der Waals surface area contributed by atoms with Gasteiger partial charge in [0.1, 0.15) is 12.1 Å². The lowest BCUT2D eigenvalue weighted by Crippen LogP contribution is -2.35. The first-order chi connectivity index (χ1) is 13.0. The molecule has 0 bridgehead atoms. The number of aliphatic hydroxyl groups is 1. The van der Waals surface area contributed by atoms with Crippen LogP contribution in [0.15, 0.2) is 36.7 Å². The maximum absolute atomic E-state index is 13.1. The lowest BCUT2D eigenvalue weighted by Gasteiger charge is -2.31. The van der Waals surface area contributed by atoms with Gasteiger partial charge in [0.25, 0.3) is 12.2 Å². The summed E-state index contributed by atoms with van der Waals surface area (Å²) >= 11 is 0. The molecule has 2 N–H and O–H groups in total. The molecule has 1 atom stereocenters. The van der Waals surface area contributed by atoms with E-state index in [2.05, 4.69) is 20.4 Å². The number of hydrogen-bond acceptors (Lipinski definition) is 5. The molecule has 3 aromatic rings. The van der Waals surface area contributed by atoms with Crippen LogP contribution in [0.25, 0.3) is 5.78 Å². The highest BCUT2D eigenvalue weighted by Crippen LogP contribution is 2.34. The fourth-order valence-electron chi connectivity index (χ4n) is 2.71. The van der Waals surface area contributed by atoms with Gasteiger partial charge in [-0.05, 0) is 19.4 Å². The molecule has 0 saturated carbocycles. The van der Waals surface area contributed by atoms with E-state index in [9.17, 15) is 27.1 Å². The van der Waals surface area contributed by atoms with Crippen LogP contribution in [0.4, 0.5) is 27.8 Å². The van der Waals surface area contributed by atoms with Crippen molar-refractivity contribution in [2.45, 2.75) is 38.1 Å². The maximum Gasteiger partial charge on any atom is 0.433 e. The Labute approximate surface area is 156 Å². The summed E-state index contributed by atoms with van der Waals surface area (Å²) in [6.45, 7) is 2.88. The Morgan fingerprint density at radius 3 is 2.21 bits per heavy atom. The van der Waals surface area contributed by atoms with E-state index >= 15 is 0 Å². The maximum atomic E-state index is 13.1. The second-order valence-electron chi connectivity index (χ2n) is 6.69. The van der Waals surface area contributed by atoms with Gasteiger partial charge in [-0.2, -0.15) is 27.8 Å². The number of anilines is 1. The van der Waals surface area contributed by atoms with Crippen molar-refractivity contribution in [2.24, 2.45) is 0 Å². The Balaban J connectivity index is 2.06. The minimum atomic E-state index is -4.72. The molecule has 2 aromatic heterocycles. The number of rotatable bonds is 5. The fraction of sp³-hybridized carbons (Fsp3) is 0.353. The van der Waals surface area contributed by atoms with Crippen molar-refractivity contribution in [3.8, 4) is 0 Å². The largest absolute Gasteiger partial charge is 0.433 e. The first kappa shape index (κ1) is 19.9. The summed E-state index contributed by atoms with van der Waals surface area (Å²) in [6, 6.07) is 4.95. The van der Waals surface area contributed by atoms with E-state index in [-0.39, 0.29) is 17.2 Å². The molecule has 0 spiro atoms.